The summed E-state index contributed by atoms with van der Waals surface area (Å²) in [6, 6.07) is 5.76. The molecule has 1 aromatic carbocycles. The monoisotopic (exact) mass is 444 g/mol. The van der Waals surface area contributed by atoms with Crippen LogP contribution >= 0.6 is 0 Å². The number of carbonyl (C=O) groups is 3. The van der Waals surface area contributed by atoms with Crippen LogP contribution in [0.1, 0.15) is 38.1 Å². The first kappa shape index (κ1) is 22.8. The molecule has 0 spiro atoms. The van der Waals surface area contributed by atoms with Crippen molar-refractivity contribution in [2.24, 2.45) is 0 Å². The number of rotatable bonds is 4. The number of urea groups is 1. The minimum atomic E-state index is -0.844. The Labute approximate surface area is 183 Å². The number of hydrogen-bond donors (Lipinski definition) is 1. The van der Waals surface area contributed by atoms with Crippen LogP contribution in [0.25, 0.3) is 5.69 Å². The maximum absolute atomic E-state index is 12.7. The van der Waals surface area contributed by atoms with Gasteiger partial charge in [0.05, 0.1) is 18.8 Å². The lowest BCUT2D eigenvalue weighted by molar-refractivity contribution is 0.0354. The van der Waals surface area contributed by atoms with Gasteiger partial charge < -0.3 is 9.47 Å². The number of amides is 3. The van der Waals surface area contributed by atoms with Gasteiger partial charge in [0, 0.05) is 18.4 Å². The molecule has 1 aliphatic rings. The summed E-state index contributed by atoms with van der Waals surface area (Å²) >= 11 is 0. The number of aromatic amines is 1. The van der Waals surface area contributed by atoms with Gasteiger partial charge in [-0.25, -0.2) is 24.1 Å². The minimum absolute atomic E-state index is 0.0796. The highest BCUT2D eigenvalue weighted by atomic mass is 16.6. The van der Waals surface area contributed by atoms with Gasteiger partial charge in [0.2, 0.25) is 0 Å². The Balaban J connectivity index is 1.83. The molecule has 3 amide bonds. The zero-order valence-electron chi connectivity index (χ0n) is 18.2. The fourth-order valence-electron chi connectivity index (χ4n) is 3.07. The number of aromatic nitrogens is 2. The molecule has 0 bridgehead atoms. The smallest absolute Gasteiger partial charge is 0.418 e. The van der Waals surface area contributed by atoms with Crippen LogP contribution in [0.3, 0.4) is 0 Å². The Morgan fingerprint density at radius 2 is 1.66 bits per heavy atom. The molecular weight excluding hydrogens is 420 g/mol. The first-order valence-electron chi connectivity index (χ1n) is 9.97. The second kappa shape index (κ2) is 8.69. The summed E-state index contributed by atoms with van der Waals surface area (Å²) in [5.74, 6) is -0.844. The van der Waals surface area contributed by atoms with E-state index in [-0.39, 0.29) is 25.3 Å². The van der Waals surface area contributed by atoms with Gasteiger partial charge >= 0.3 is 23.8 Å². The largest absolute Gasteiger partial charge is 0.462 e. The Bertz CT molecular complexity index is 1160. The van der Waals surface area contributed by atoms with E-state index in [9.17, 15) is 24.0 Å². The van der Waals surface area contributed by atoms with E-state index in [0.29, 0.717) is 11.4 Å². The average molecular weight is 444 g/mol. The molecule has 0 saturated carbocycles. The van der Waals surface area contributed by atoms with E-state index in [4.69, 9.17) is 9.47 Å². The lowest BCUT2D eigenvalue weighted by Gasteiger charge is -2.23. The van der Waals surface area contributed by atoms with Crippen LogP contribution in [-0.2, 0) is 9.47 Å². The number of anilines is 1. The van der Waals surface area contributed by atoms with Gasteiger partial charge in [-0.05, 0) is 52.0 Å². The molecule has 0 radical (unpaired) electrons. The number of benzene rings is 1. The highest BCUT2D eigenvalue weighted by Gasteiger charge is 2.36. The molecule has 0 unspecified atom stereocenters. The van der Waals surface area contributed by atoms with Crippen molar-refractivity contribution in [1.29, 1.82) is 0 Å². The molecular formula is C21H24N4O7. The van der Waals surface area contributed by atoms with Crippen molar-refractivity contribution in [2.75, 3.05) is 24.6 Å². The van der Waals surface area contributed by atoms with Gasteiger partial charge in [-0.1, -0.05) is 0 Å². The van der Waals surface area contributed by atoms with E-state index in [1.165, 1.54) is 4.90 Å². The van der Waals surface area contributed by atoms with Gasteiger partial charge in [0.15, 0.2) is 0 Å². The van der Waals surface area contributed by atoms with Crippen LogP contribution in [0.15, 0.2) is 40.1 Å². The number of carbonyl (C=O) groups excluding carboxylic acids is 3. The predicted molar refractivity (Wildman–Crippen MR) is 114 cm³/mol. The molecule has 11 heteroatoms. The maximum atomic E-state index is 12.7. The van der Waals surface area contributed by atoms with Crippen LogP contribution in [0.2, 0.25) is 0 Å². The molecule has 1 fully saturated rings. The second-order valence-electron chi connectivity index (χ2n) is 7.98. The van der Waals surface area contributed by atoms with E-state index in [0.717, 1.165) is 15.7 Å². The van der Waals surface area contributed by atoms with E-state index in [1.54, 1.807) is 52.0 Å². The lowest BCUT2D eigenvalue weighted by atomic mass is 10.2. The first-order valence-corrected chi connectivity index (χ1v) is 9.97. The molecule has 1 saturated heterocycles. The number of esters is 1. The van der Waals surface area contributed by atoms with Gasteiger partial charge in [-0.3, -0.25) is 19.2 Å². The van der Waals surface area contributed by atoms with Crippen molar-refractivity contribution < 1.29 is 23.9 Å². The summed E-state index contributed by atoms with van der Waals surface area (Å²) in [6.07, 6.45) is 0.396. The average Bonchev–Trinajstić information content (AvgIpc) is 3.08. The van der Waals surface area contributed by atoms with E-state index < -0.39 is 34.9 Å². The van der Waals surface area contributed by atoms with Crippen LogP contribution in [0.4, 0.5) is 15.3 Å². The highest BCUT2D eigenvalue weighted by molar-refractivity contribution is 6.03. The highest BCUT2D eigenvalue weighted by Crippen LogP contribution is 2.23. The normalized spacial score (nSPS) is 13.9. The topological polar surface area (TPSA) is 131 Å². The Morgan fingerprint density at radius 3 is 2.25 bits per heavy atom. The molecule has 170 valence electrons. The van der Waals surface area contributed by atoms with Gasteiger partial charge in [-0.15, -0.1) is 0 Å². The van der Waals surface area contributed by atoms with Crippen molar-refractivity contribution in [2.45, 2.75) is 33.3 Å². The molecule has 1 N–H and O–H groups in total. The molecule has 0 aliphatic carbocycles. The molecule has 32 heavy (non-hydrogen) atoms. The SMILES string of the molecule is CCOC(=O)c1cn(-c2ccc(N3CCN(C(=O)OC(C)(C)C)C3=O)cc2)c(=O)[nH]c1=O. The second-order valence-corrected chi connectivity index (χ2v) is 7.98. The molecule has 11 nitrogen and oxygen atoms in total. The number of hydrogen-bond acceptors (Lipinski definition) is 7. The first-order chi connectivity index (χ1) is 15.0. The summed E-state index contributed by atoms with van der Waals surface area (Å²) in [4.78, 5) is 65.5. The Morgan fingerprint density at radius 1 is 1.03 bits per heavy atom. The Kier molecular flexibility index (Phi) is 6.19. The van der Waals surface area contributed by atoms with Crippen LogP contribution in [0.5, 0.6) is 0 Å². The van der Waals surface area contributed by atoms with Crippen molar-refractivity contribution >= 4 is 23.8 Å². The van der Waals surface area contributed by atoms with Gasteiger partial charge in [0.25, 0.3) is 5.56 Å². The molecule has 1 aliphatic heterocycles. The van der Waals surface area contributed by atoms with Crippen molar-refractivity contribution in [3.05, 3.63) is 56.9 Å². The summed E-state index contributed by atoms with van der Waals surface area (Å²) in [6.45, 7) is 7.29. The summed E-state index contributed by atoms with van der Waals surface area (Å²) in [5.41, 5.74) is -1.74. The number of nitrogens with zero attached hydrogens (tertiary/aromatic N) is 3. The van der Waals surface area contributed by atoms with Crippen molar-refractivity contribution in [1.82, 2.24) is 14.5 Å². The van der Waals surface area contributed by atoms with Crippen LogP contribution in [0, 0.1) is 0 Å². The van der Waals surface area contributed by atoms with Crippen LogP contribution < -0.4 is 16.1 Å². The third kappa shape index (κ3) is 4.71. The van der Waals surface area contributed by atoms with E-state index in [2.05, 4.69) is 4.98 Å². The van der Waals surface area contributed by atoms with Gasteiger partial charge in [-0.2, -0.15) is 0 Å². The number of nitrogens with one attached hydrogen (secondary N) is 1. The number of H-pyrrole nitrogens is 1. The summed E-state index contributed by atoms with van der Waals surface area (Å²) in [5, 5.41) is 0. The maximum Gasteiger partial charge on any atom is 0.418 e. The molecule has 2 aromatic rings. The fraction of sp³-hybridized carbons (Fsp3) is 0.381. The predicted octanol–water partition coefficient (Wildman–Crippen LogP) is 1.88. The Hall–Kier alpha value is -3.89. The molecule has 2 heterocycles. The third-order valence-corrected chi connectivity index (χ3v) is 4.50. The molecule has 1 aromatic heterocycles. The van der Waals surface area contributed by atoms with Crippen LogP contribution in [-0.4, -0.2) is 57.8 Å². The minimum Gasteiger partial charge on any atom is -0.462 e. The molecule has 3 rings (SSSR count). The zero-order chi connectivity index (χ0) is 23.6. The molecule has 0 atom stereocenters. The van der Waals surface area contributed by atoms with E-state index in [1.807, 2.05) is 0 Å². The van der Waals surface area contributed by atoms with E-state index >= 15 is 0 Å². The van der Waals surface area contributed by atoms with Gasteiger partial charge in [0.1, 0.15) is 11.2 Å². The standard InChI is InChI=1S/C21H24N4O7/c1-5-31-17(27)15-12-25(18(28)22-16(15)26)14-8-6-13(7-9-14)23-10-11-24(19(23)29)20(30)32-21(2,3)4/h6-9,12H,5,10-11H2,1-4H3,(H,22,26,28). The fourth-order valence-corrected chi connectivity index (χ4v) is 3.07. The number of imide groups is 1. The van der Waals surface area contributed by atoms with Crippen molar-refractivity contribution in [3.8, 4) is 5.69 Å². The lowest BCUT2D eigenvalue weighted by Crippen LogP contribution is -2.40. The quantitative estimate of drug-likeness (QED) is 0.712. The zero-order valence-corrected chi connectivity index (χ0v) is 18.2. The number of ether oxygens (including phenoxy) is 2. The van der Waals surface area contributed by atoms with Crippen molar-refractivity contribution in [3.63, 3.8) is 0 Å². The summed E-state index contributed by atoms with van der Waals surface area (Å²) < 4.78 is 11.2. The summed E-state index contributed by atoms with van der Waals surface area (Å²) in [7, 11) is 0. The third-order valence-electron chi connectivity index (χ3n) is 4.50.